The van der Waals surface area contributed by atoms with Crippen molar-refractivity contribution in [3.8, 4) is 5.69 Å². The zero-order chi connectivity index (χ0) is 15.6. The zero-order valence-corrected chi connectivity index (χ0v) is 12.0. The monoisotopic (exact) mass is 354 g/mol. The van der Waals surface area contributed by atoms with Gasteiger partial charge in [0.05, 0.1) is 17.0 Å². The second-order valence-corrected chi connectivity index (χ2v) is 4.69. The number of anilines is 1. The average molecular weight is 355 g/mol. The largest absolute Gasteiger partial charge is 0.404 e. The fraction of sp³-hybridized carbons (Fsp3) is 0. The number of amides is 1. The van der Waals surface area contributed by atoms with Crippen molar-refractivity contribution >= 4 is 33.3 Å². The van der Waals surface area contributed by atoms with Gasteiger partial charge in [0.1, 0.15) is 10.2 Å². The Morgan fingerprint density at radius 2 is 2.29 bits per heavy atom. The molecule has 9 heteroatoms. The minimum absolute atomic E-state index is 0.0364. The number of nitro groups is 1. The van der Waals surface area contributed by atoms with Crippen LogP contribution in [0.2, 0.25) is 0 Å². The van der Waals surface area contributed by atoms with Gasteiger partial charge in [0.25, 0.3) is 0 Å². The maximum absolute atomic E-state index is 14.3. The molecule has 108 valence electrons. The van der Waals surface area contributed by atoms with Crippen molar-refractivity contribution in [1.82, 2.24) is 9.78 Å². The highest BCUT2D eigenvalue weighted by Gasteiger charge is 2.22. The molecule has 1 aromatic heterocycles. The third-order valence-corrected chi connectivity index (χ3v) is 3.05. The van der Waals surface area contributed by atoms with E-state index < -0.39 is 22.5 Å². The molecule has 7 nitrogen and oxygen atoms in total. The van der Waals surface area contributed by atoms with Crippen LogP contribution in [-0.2, 0) is 4.79 Å². The first-order valence-corrected chi connectivity index (χ1v) is 6.35. The summed E-state index contributed by atoms with van der Waals surface area (Å²) in [6.07, 6.45) is 2.26. The maximum Gasteiger partial charge on any atom is 0.404 e. The van der Waals surface area contributed by atoms with Crippen LogP contribution in [0.4, 0.5) is 15.9 Å². The summed E-state index contributed by atoms with van der Waals surface area (Å²) in [7, 11) is 0. The smallest absolute Gasteiger partial charge is 0.358 e. The average Bonchev–Trinajstić information content (AvgIpc) is 2.83. The Kier molecular flexibility index (Phi) is 4.13. The van der Waals surface area contributed by atoms with Crippen molar-refractivity contribution in [1.29, 1.82) is 0 Å². The third kappa shape index (κ3) is 2.97. The van der Waals surface area contributed by atoms with Crippen LogP contribution in [0.1, 0.15) is 0 Å². The van der Waals surface area contributed by atoms with Crippen LogP contribution in [0.5, 0.6) is 0 Å². The predicted octanol–water partition coefficient (Wildman–Crippen LogP) is 2.81. The van der Waals surface area contributed by atoms with Crippen LogP contribution in [0, 0.1) is 15.9 Å². The van der Waals surface area contributed by atoms with E-state index in [1.165, 1.54) is 24.4 Å². The number of rotatable bonds is 4. The summed E-state index contributed by atoms with van der Waals surface area (Å²) in [5.41, 5.74) is -0.114. The van der Waals surface area contributed by atoms with Crippen LogP contribution >= 0.6 is 15.9 Å². The SMILES string of the molecule is C=CC(=O)Nc1cccc(-n2cc(Br)c([N+](=O)[O-])n2)c1F. The summed E-state index contributed by atoms with van der Waals surface area (Å²) in [6, 6.07) is 4.22. The van der Waals surface area contributed by atoms with E-state index >= 15 is 0 Å². The van der Waals surface area contributed by atoms with Gasteiger partial charge in [0, 0.05) is 0 Å². The molecule has 0 saturated carbocycles. The lowest BCUT2D eigenvalue weighted by Gasteiger charge is -2.06. The lowest BCUT2D eigenvalue weighted by Crippen LogP contribution is -2.10. The van der Waals surface area contributed by atoms with E-state index in [9.17, 15) is 19.3 Å². The number of nitrogens with one attached hydrogen (secondary N) is 1. The molecule has 0 radical (unpaired) electrons. The van der Waals surface area contributed by atoms with Gasteiger partial charge >= 0.3 is 5.82 Å². The molecule has 1 aromatic carbocycles. The van der Waals surface area contributed by atoms with Gasteiger partial charge in [-0.05, 0) is 39.1 Å². The van der Waals surface area contributed by atoms with Gasteiger partial charge in [-0.2, -0.15) is 0 Å². The first kappa shape index (κ1) is 14.9. The lowest BCUT2D eigenvalue weighted by molar-refractivity contribution is -0.390. The number of aromatic nitrogens is 2. The predicted molar refractivity (Wildman–Crippen MR) is 76.7 cm³/mol. The molecule has 0 unspecified atom stereocenters. The summed E-state index contributed by atoms with van der Waals surface area (Å²) in [5.74, 6) is -1.77. The number of hydrogen-bond acceptors (Lipinski definition) is 4. The molecule has 0 fully saturated rings. The Bertz CT molecular complexity index is 744. The molecule has 0 aliphatic carbocycles. The molecule has 0 spiro atoms. The molecule has 21 heavy (non-hydrogen) atoms. The maximum atomic E-state index is 14.3. The normalized spacial score (nSPS) is 10.2. The summed E-state index contributed by atoms with van der Waals surface area (Å²) in [6.45, 7) is 3.27. The van der Waals surface area contributed by atoms with Crippen LogP contribution in [0.15, 0.2) is 41.5 Å². The second kappa shape index (κ2) is 5.83. The molecule has 1 heterocycles. The minimum atomic E-state index is -0.766. The van der Waals surface area contributed by atoms with Crippen molar-refractivity contribution in [2.45, 2.75) is 0 Å². The van der Waals surface area contributed by atoms with E-state index in [4.69, 9.17) is 0 Å². The molecule has 2 aromatic rings. The molecular weight excluding hydrogens is 347 g/mol. The molecule has 0 saturated heterocycles. The molecule has 0 aliphatic rings. The lowest BCUT2D eigenvalue weighted by atomic mass is 10.2. The Morgan fingerprint density at radius 3 is 2.86 bits per heavy atom. The van der Waals surface area contributed by atoms with Crippen LogP contribution < -0.4 is 5.32 Å². The highest BCUT2D eigenvalue weighted by molar-refractivity contribution is 9.10. The van der Waals surface area contributed by atoms with Crippen molar-refractivity contribution in [2.24, 2.45) is 0 Å². The first-order chi connectivity index (χ1) is 9.93. The summed E-state index contributed by atoms with van der Waals surface area (Å²) in [5, 5.41) is 16.7. The Labute approximate surface area is 126 Å². The Balaban J connectivity index is 2.47. The molecule has 0 bridgehead atoms. The second-order valence-electron chi connectivity index (χ2n) is 3.83. The van der Waals surface area contributed by atoms with Crippen LogP contribution in [0.3, 0.4) is 0 Å². The molecule has 1 N–H and O–H groups in total. The van der Waals surface area contributed by atoms with Gasteiger partial charge < -0.3 is 15.4 Å². The Hall–Kier alpha value is -2.55. The van der Waals surface area contributed by atoms with Crippen molar-refractivity contribution in [2.75, 3.05) is 5.32 Å². The minimum Gasteiger partial charge on any atom is -0.358 e. The van der Waals surface area contributed by atoms with Gasteiger partial charge in [-0.3, -0.25) is 4.79 Å². The summed E-state index contributed by atoms with van der Waals surface area (Å²) < 4.78 is 15.4. The van der Waals surface area contributed by atoms with Gasteiger partial charge in [0.2, 0.25) is 5.91 Å². The summed E-state index contributed by atoms with van der Waals surface area (Å²) >= 11 is 2.98. The van der Waals surface area contributed by atoms with Crippen molar-refractivity contribution in [3.63, 3.8) is 0 Å². The number of nitrogens with zero attached hydrogens (tertiary/aromatic N) is 3. The highest BCUT2D eigenvalue weighted by atomic mass is 79.9. The topological polar surface area (TPSA) is 90.1 Å². The number of benzene rings is 1. The zero-order valence-electron chi connectivity index (χ0n) is 10.4. The fourth-order valence-electron chi connectivity index (χ4n) is 1.57. The highest BCUT2D eigenvalue weighted by Crippen LogP contribution is 2.27. The van der Waals surface area contributed by atoms with Crippen molar-refractivity contribution in [3.05, 3.63) is 57.5 Å². The van der Waals surface area contributed by atoms with Gasteiger partial charge in [-0.15, -0.1) is 4.68 Å². The number of carbonyl (C=O) groups is 1. The van der Waals surface area contributed by atoms with E-state index in [2.05, 4.69) is 32.9 Å². The quantitative estimate of drug-likeness (QED) is 0.519. The summed E-state index contributed by atoms with van der Waals surface area (Å²) in [4.78, 5) is 21.3. The van der Waals surface area contributed by atoms with Gasteiger partial charge in [0.15, 0.2) is 5.82 Å². The molecule has 0 aliphatic heterocycles. The van der Waals surface area contributed by atoms with E-state index in [-0.39, 0.29) is 15.8 Å². The molecule has 0 atom stereocenters. The van der Waals surface area contributed by atoms with E-state index in [0.29, 0.717) is 0 Å². The van der Waals surface area contributed by atoms with E-state index in [0.717, 1.165) is 10.8 Å². The number of carbonyl (C=O) groups excluding carboxylic acids is 1. The molecular formula is C12H8BrFN4O3. The van der Waals surface area contributed by atoms with Gasteiger partial charge in [-0.25, -0.2) is 4.39 Å². The standard InChI is InChI=1S/C12H8BrFN4O3/c1-2-10(19)15-8-4-3-5-9(11(8)14)17-6-7(13)12(16-17)18(20)21/h2-6H,1H2,(H,15,19). The molecule has 1 amide bonds. The third-order valence-electron chi connectivity index (χ3n) is 2.49. The number of halogens is 2. The molecule has 2 rings (SSSR count). The van der Waals surface area contributed by atoms with E-state index in [1.807, 2.05) is 0 Å². The van der Waals surface area contributed by atoms with Crippen molar-refractivity contribution < 1.29 is 14.1 Å². The number of hydrogen-bond donors (Lipinski definition) is 1. The first-order valence-electron chi connectivity index (χ1n) is 5.56. The van der Waals surface area contributed by atoms with Gasteiger partial charge in [-0.1, -0.05) is 12.6 Å². The Morgan fingerprint density at radius 1 is 1.57 bits per heavy atom. The fourth-order valence-corrected chi connectivity index (χ4v) is 1.99. The van der Waals surface area contributed by atoms with Crippen LogP contribution in [0.25, 0.3) is 5.69 Å². The van der Waals surface area contributed by atoms with E-state index in [1.54, 1.807) is 0 Å². The van der Waals surface area contributed by atoms with Crippen LogP contribution in [-0.4, -0.2) is 20.6 Å².